The molecule has 7 heteroatoms. The summed E-state index contributed by atoms with van der Waals surface area (Å²) in [5, 5.41) is 0. The van der Waals surface area contributed by atoms with Crippen LogP contribution in [0.4, 0.5) is 0 Å². The van der Waals surface area contributed by atoms with E-state index in [2.05, 4.69) is 35.7 Å². The van der Waals surface area contributed by atoms with E-state index in [1.807, 2.05) is 0 Å². The maximum atomic E-state index is 11.8. The number of hydrazine groups is 1. The second-order valence-electron chi connectivity index (χ2n) is 2.93. The lowest BCUT2D eigenvalue weighted by Gasteiger charge is -2.12. The van der Waals surface area contributed by atoms with Crippen LogP contribution in [-0.2, 0) is 0 Å². The Bertz CT molecular complexity index is 438. The maximum Gasteiger partial charge on any atom is 0.273 e. The van der Waals surface area contributed by atoms with Crippen LogP contribution >= 0.6 is 24.8 Å². The van der Waals surface area contributed by atoms with Crippen molar-refractivity contribution in [3.8, 4) is 11.5 Å². The Morgan fingerprint density at radius 3 is 2.53 bits per heavy atom. The Morgan fingerprint density at radius 2 is 2.00 bits per heavy atom. The van der Waals surface area contributed by atoms with Gasteiger partial charge in [-0.05, 0) is 12.1 Å². The molecule has 0 radical (unpaired) electrons. The number of rotatable bonds is 3. The molecular weight excluding hydrogens is 260 g/mol. The highest BCUT2D eigenvalue weighted by Crippen LogP contribution is 2.30. The topological polar surface area (TPSA) is 59.6 Å². The molecule has 0 aliphatic carbocycles. The van der Waals surface area contributed by atoms with Crippen LogP contribution in [0.3, 0.4) is 0 Å². The molecule has 1 aromatic rings. The fourth-order valence-corrected chi connectivity index (χ4v) is 1.35. The van der Waals surface area contributed by atoms with Gasteiger partial charge in [-0.1, -0.05) is 18.3 Å². The zero-order valence-electron chi connectivity index (χ0n) is 9.31. The third-order valence-corrected chi connectivity index (χ3v) is 2.14. The molecule has 0 aromatic heterocycles. The van der Waals surface area contributed by atoms with E-state index in [-0.39, 0.29) is 4.32 Å². The highest BCUT2D eigenvalue weighted by Gasteiger charge is 2.15. The Hall–Kier alpha value is -1.47. The lowest BCUT2D eigenvalue weighted by molar-refractivity contribution is 0.0941. The summed E-state index contributed by atoms with van der Waals surface area (Å²) in [6.07, 6.45) is 0. The smallest absolute Gasteiger partial charge is 0.273 e. The number of thiol groups is 1. The average Bonchev–Trinajstić information content (AvgIpc) is 2.34. The molecule has 0 spiro atoms. The van der Waals surface area contributed by atoms with Crippen LogP contribution in [0.1, 0.15) is 10.4 Å². The van der Waals surface area contributed by atoms with Crippen LogP contribution in [0.2, 0.25) is 0 Å². The van der Waals surface area contributed by atoms with E-state index in [0.29, 0.717) is 17.1 Å². The maximum absolute atomic E-state index is 11.8. The second-order valence-corrected chi connectivity index (χ2v) is 4.08. The zero-order chi connectivity index (χ0) is 12.8. The minimum Gasteiger partial charge on any atom is -0.493 e. The fourth-order valence-electron chi connectivity index (χ4n) is 1.24. The van der Waals surface area contributed by atoms with Gasteiger partial charge >= 0.3 is 0 Å². The molecule has 17 heavy (non-hydrogen) atoms. The molecule has 5 nitrogen and oxygen atoms in total. The van der Waals surface area contributed by atoms with Crippen molar-refractivity contribution in [2.45, 2.75) is 0 Å². The van der Waals surface area contributed by atoms with Crippen LogP contribution in [0.5, 0.6) is 11.5 Å². The normalized spacial score (nSPS) is 9.35. The fraction of sp³-hybridized carbons (Fsp3) is 0.200. The Labute approximate surface area is 110 Å². The molecule has 0 unspecified atom stereocenters. The van der Waals surface area contributed by atoms with E-state index >= 15 is 0 Å². The standard InChI is InChI=1S/C10H12N2O3S2/c1-14-7-5-3-4-6(8(7)15-2)9(13)11-12-10(16)17/h3-5H,1-2H3,(H,11,13)(H2,12,16,17). The summed E-state index contributed by atoms with van der Waals surface area (Å²) in [5.74, 6) is 0.449. The molecule has 0 saturated carbocycles. The molecule has 0 atom stereocenters. The van der Waals surface area contributed by atoms with Crippen molar-refractivity contribution in [3.05, 3.63) is 23.8 Å². The average molecular weight is 272 g/mol. The number of thiocarbonyl (C=S) groups is 1. The van der Waals surface area contributed by atoms with Gasteiger partial charge in [0, 0.05) is 0 Å². The highest BCUT2D eigenvalue weighted by molar-refractivity contribution is 8.11. The summed E-state index contributed by atoms with van der Waals surface area (Å²) in [7, 11) is 2.96. The molecule has 1 aromatic carbocycles. The molecule has 0 heterocycles. The van der Waals surface area contributed by atoms with Gasteiger partial charge in [0.2, 0.25) is 0 Å². The zero-order valence-corrected chi connectivity index (χ0v) is 11.0. The van der Waals surface area contributed by atoms with E-state index in [1.165, 1.54) is 14.2 Å². The van der Waals surface area contributed by atoms with E-state index in [9.17, 15) is 4.79 Å². The number of nitrogens with one attached hydrogen (secondary N) is 2. The number of hydrogen-bond acceptors (Lipinski definition) is 4. The van der Waals surface area contributed by atoms with Gasteiger partial charge in [0.25, 0.3) is 5.91 Å². The monoisotopic (exact) mass is 272 g/mol. The summed E-state index contributed by atoms with van der Waals surface area (Å²) < 4.78 is 10.4. The van der Waals surface area contributed by atoms with Crippen molar-refractivity contribution >= 4 is 35.1 Å². The molecule has 0 aliphatic heterocycles. The molecule has 1 amide bonds. The Kier molecular flexibility index (Phi) is 5.05. The van der Waals surface area contributed by atoms with Gasteiger partial charge in [0.05, 0.1) is 19.8 Å². The van der Waals surface area contributed by atoms with Crippen molar-refractivity contribution in [2.24, 2.45) is 0 Å². The number of carbonyl (C=O) groups is 1. The number of para-hydroxylation sites is 1. The number of ether oxygens (including phenoxy) is 2. The summed E-state index contributed by atoms with van der Waals surface area (Å²) >= 11 is 8.48. The lowest BCUT2D eigenvalue weighted by Crippen LogP contribution is -2.38. The molecular formula is C10H12N2O3S2. The third-order valence-electron chi connectivity index (χ3n) is 1.93. The molecule has 92 valence electrons. The summed E-state index contributed by atoms with van der Waals surface area (Å²) in [6, 6.07) is 5.00. The van der Waals surface area contributed by atoms with E-state index < -0.39 is 5.91 Å². The molecule has 0 aliphatic rings. The largest absolute Gasteiger partial charge is 0.493 e. The summed E-state index contributed by atoms with van der Waals surface area (Å²) in [5.41, 5.74) is 5.15. The van der Waals surface area contributed by atoms with Crippen LogP contribution in [-0.4, -0.2) is 24.4 Å². The minimum atomic E-state index is -0.392. The predicted molar refractivity (Wildman–Crippen MR) is 71.7 cm³/mol. The molecule has 2 N–H and O–H groups in total. The predicted octanol–water partition coefficient (Wildman–Crippen LogP) is 1.15. The van der Waals surface area contributed by atoms with Crippen LogP contribution < -0.4 is 20.3 Å². The van der Waals surface area contributed by atoms with E-state index in [1.54, 1.807) is 18.2 Å². The lowest BCUT2D eigenvalue weighted by atomic mass is 10.2. The Balaban J connectivity index is 2.96. The van der Waals surface area contributed by atoms with Crippen LogP contribution in [0, 0.1) is 0 Å². The van der Waals surface area contributed by atoms with Gasteiger partial charge in [0.1, 0.15) is 4.32 Å². The highest BCUT2D eigenvalue weighted by atomic mass is 32.1. The van der Waals surface area contributed by atoms with E-state index in [0.717, 1.165) is 0 Å². The number of hydrogen-bond donors (Lipinski definition) is 3. The van der Waals surface area contributed by atoms with Gasteiger partial charge in [-0.3, -0.25) is 15.6 Å². The van der Waals surface area contributed by atoms with Crippen molar-refractivity contribution in [3.63, 3.8) is 0 Å². The van der Waals surface area contributed by atoms with Gasteiger partial charge < -0.3 is 9.47 Å². The van der Waals surface area contributed by atoms with Gasteiger partial charge in [-0.2, -0.15) is 0 Å². The van der Waals surface area contributed by atoms with Gasteiger partial charge in [0.15, 0.2) is 11.5 Å². The minimum absolute atomic E-state index is 0.167. The number of benzene rings is 1. The number of methoxy groups -OCH3 is 2. The molecule has 1 rings (SSSR count). The first kappa shape index (κ1) is 13.6. The van der Waals surface area contributed by atoms with Crippen LogP contribution in [0.15, 0.2) is 18.2 Å². The quantitative estimate of drug-likeness (QED) is 0.438. The third kappa shape index (κ3) is 3.50. The first-order valence-electron chi connectivity index (χ1n) is 4.60. The number of amides is 1. The van der Waals surface area contributed by atoms with Crippen molar-refractivity contribution < 1.29 is 14.3 Å². The number of carbonyl (C=O) groups excluding carboxylic acids is 1. The SMILES string of the molecule is COc1cccc(C(=O)NNC(=S)S)c1OC. The van der Waals surface area contributed by atoms with Gasteiger partial charge in [-0.25, -0.2) is 0 Å². The van der Waals surface area contributed by atoms with E-state index in [4.69, 9.17) is 9.47 Å². The van der Waals surface area contributed by atoms with Crippen molar-refractivity contribution in [1.82, 2.24) is 10.9 Å². The summed E-state index contributed by atoms with van der Waals surface area (Å²) in [6.45, 7) is 0. The van der Waals surface area contributed by atoms with Crippen LogP contribution in [0.25, 0.3) is 0 Å². The first-order valence-corrected chi connectivity index (χ1v) is 5.46. The Morgan fingerprint density at radius 1 is 1.29 bits per heavy atom. The van der Waals surface area contributed by atoms with Crippen molar-refractivity contribution in [2.75, 3.05) is 14.2 Å². The molecule has 0 fully saturated rings. The second kappa shape index (κ2) is 6.31. The first-order chi connectivity index (χ1) is 8.10. The summed E-state index contributed by atoms with van der Waals surface area (Å²) in [4.78, 5) is 11.8. The van der Waals surface area contributed by atoms with Crippen molar-refractivity contribution in [1.29, 1.82) is 0 Å². The molecule has 0 bridgehead atoms. The van der Waals surface area contributed by atoms with Gasteiger partial charge in [-0.15, -0.1) is 12.6 Å². The molecule has 0 saturated heterocycles.